The Balaban J connectivity index is 1.49. The van der Waals surface area contributed by atoms with Gasteiger partial charge in [-0.05, 0) is 100 Å². The minimum atomic E-state index is -0.470. The second-order valence-corrected chi connectivity index (χ2v) is 11.0. The summed E-state index contributed by atoms with van der Waals surface area (Å²) < 4.78 is 6.23. The normalized spacial score (nSPS) is 10.8. The Morgan fingerprint density at radius 1 is 0.821 bits per heavy atom. The van der Waals surface area contributed by atoms with Crippen LogP contribution in [0.1, 0.15) is 70.8 Å². The van der Waals surface area contributed by atoms with Crippen molar-refractivity contribution in [3.63, 3.8) is 0 Å². The van der Waals surface area contributed by atoms with Crippen LogP contribution in [0.25, 0.3) is 0 Å². The SMILES string of the molecule is CCCOc1ccc(C(=O)NC(=S)NNC(=O)c2ccc(NC(=O)c3ccc(C(C)(C)C)cc3)cc2)cc1Br. The molecule has 0 spiro atoms. The van der Waals surface area contributed by atoms with Crippen LogP contribution < -0.4 is 26.2 Å². The zero-order valence-electron chi connectivity index (χ0n) is 22.2. The second kappa shape index (κ2) is 13.3. The zero-order chi connectivity index (χ0) is 28.6. The average molecular weight is 612 g/mol. The molecule has 39 heavy (non-hydrogen) atoms. The van der Waals surface area contributed by atoms with Crippen LogP contribution in [-0.2, 0) is 5.41 Å². The molecule has 4 N–H and O–H groups in total. The Labute approximate surface area is 242 Å². The maximum absolute atomic E-state index is 12.6. The summed E-state index contributed by atoms with van der Waals surface area (Å²) in [4.78, 5) is 37.6. The molecule has 0 aliphatic carbocycles. The molecule has 3 aromatic rings. The molecule has 204 valence electrons. The number of hydrogen-bond acceptors (Lipinski definition) is 5. The molecule has 3 amide bonds. The number of nitrogens with one attached hydrogen (secondary N) is 4. The van der Waals surface area contributed by atoms with Gasteiger partial charge in [-0.15, -0.1) is 0 Å². The number of carbonyl (C=O) groups is 3. The van der Waals surface area contributed by atoms with E-state index in [1.807, 2.05) is 19.1 Å². The first-order valence-corrected chi connectivity index (χ1v) is 13.5. The quantitative estimate of drug-likeness (QED) is 0.201. The molecule has 0 radical (unpaired) electrons. The Kier molecular flexibility index (Phi) is 10.2. The van der Waals surface area contributed by atoms with Crippen LogP contribution in [0.4, 0.5) is 5.69 Å². The van der Waals surface area contributed by atoms with E-state index in [0.717, 1.165) is 12.0 Å². The van der Waals surface area contributed by atoms with Crippen molar-refractivity contribution in [1.82, 2.24) is 16.2 Å². The van der Waals surface area contributed by atoms with Crippen molar-refractivity contribution in [1.29, 1.82) is 0 Å². The van der Waals surface area contributed by atoms with Crippen molar-refractivity contribution in [2.24, 2.45) is 0 Å². The molecule has 0 aliphatic heterocycles. The van der Waals surface area contributed by atoms with Crippen molar-refractivity contribution < 1.29 is 19.1 Å². The number of anilines is 1. The lowest BCUT2D eigenvalue weighted by Crippen LogP contribution is -2.48. The van der Waals surface area contributed by atoms with E-state index in [9.17, 15) is 14.4 Å². The van der Waals surface area contributed by atoms with Gasteiger partial charge in [0.15, 0.2) is 5.11 Å². The maximum atomic E-state index is 12.6. The summed E-state index contributed by atoms with van der Waals surface area (Å²) >= 11 is 8.51. The number of benzene rings is 3. The Morgan fingerprint density at radius 3 is 2.00 bits per heavy atom. The highest BCUT2D eigenvalue weighted by molar-refractivity contribution is 9.10. The molecule has 0 unspecified atom stereocenters. The van der Waals surface area contributed by atoms with E-state index in [-0.39, 0.29) is 16.4 Å². The van der Waals surface area contributed by atoms with Gasteiger partial charge in [0, 0.05) is 22.4 Å². The molecule has 0 atom stereocenters. The second-order valence-electron chi connectivity index (χ2n) is 9.71. The number of rotatable bonds is 7. The third kappa shape index (κ3) is 8.62. The van der Waals surface area contributed by atoms with Crippen LogP contribution in [0.3, 0.4) is 0 Å². The molecule has 0 bridgehead atoms. The lowest BCUT2D eigenvalue weighted by Gasteiger charge is -2.19. The molecule has 3 aromatic carbocycles. The molecule has 0 saturated carbocycles. The fourth-order valence-electron chi connectivity index (χ4n) is 3.39. The van der Waals surface area contributed by atoms with Crippen molar-refractivity contribution >= 4 is 56.7 Å². The van der Waals surface area contributed by atoms with E-state index in [0.29, 0.717) is 39.2 Å². The van der Waals surface area contributed by atoms with Crippen LogP contribution >= 0.6 is 28.1 Å². The molecule has 3 rings (SSSR count). The standard InChI is InChI=1S/C29H31BrN4O4S/c1-5-16-38-24-15-10-20(17-23(24)30)26(36)32-28(39)34-33-27(37)19-8-13-22(14-9-19)31-25(35)18-6-11-21(12-7-18)29(2,3)4/h6-15,17H,5,16H2,1-4H3,(H,31,35)(H,33,37)(H2,32,34,36,39). The summed E-state index contributed by atoms with van der Waals surface area (Å²) in [7, 11) is 0. The zero-order valence-corrected chi connectivity index (χ0v) is 24.6. The lowest BCUT2D eigenvalue weighted by atomic mass is 9.87. The fraction of sp³-hybridized carbons (Fsp3) is 0.241. The van der Waals surface area contributed by atoms with Gasteiger partial charge < -0.3 is 10.1 Å². The Hall–Kier alpha value is -3.76. The number of ether oxygens (including phenoxy) is 1. The molecular formula is C29H31BrN4O4S. The van der Waals surface area contributed by atoms with Crippen LogP contribution in [0, 0.1) is 0 Å². The number of thiocarbonyl (C=S) groups is 1. The van der Waals surface area contributed by atoms with Crippen molar-refractivity contribution in [3.05, 3.63) is 93.5 Å². The first-order valence-electron chi connectivity index (χ1n) is 12.3. The summed E-state index contributed by atoms with van der Waals surface area (Å²) in [5.41, 5.74) is 7.88. The number of amides is 3. The van der Waals surface area contributed by atoms with Gasteiger partial charge in [0.1, 0.15) is 5.75 Å². The van der Waals surface area contributed by atoms with Crippen molar-refractivity contribution in [2.75, 3.05) is 11.9 Å². The summed E-state index contributed by atoms with van der Waals surface area (Å²) in [6, 6.07) is 18.8. The van der Waals surface area contributed by atoms with E-state index >= 15 is 0 Å². The number of hydrogen-bond donors (Lipinski definition) is 4. The number of carbonyl (C=O) groups excluding carboxylic acids is 3. The molecule has 0 heterocycles. The third-order valence-corrected chi connectivity index (χ3v) is 6.41. The topological polar surface area (TPSA) is 109 Å². The van der Waals surface area contributed by atoms with E-state index in [1.54, 1.807) is 54.6 Å². The number of halogens is 1. The van der Waals surface area contributed by atoms with Crippen molar-refractivity contribution in [2.45, 2.75) is 39.5 Å². The minimum Gasteiger partial charge on any atom is -0.492 e. The van der Waals surface area contributed by atoms with Gasteiger partial charge in [-0.1, -0.05) is 39.8 Å². The van der Waals surface area contributed by atoms with Gasteiger partial charge in [0.05, 0.1) is 11.1 Å². The van der Waals surface area contributed by atoms with Gasteiger partial charge in [0.2, 0.25) is 0 Å². The van der Waals surface area contributed by atoms with E-state index in [4.69, 9.17) is 17.0 Å². The smallest absolute Gasteiger partial charge is 0.269 e. The fourth-order valence-corrected chi connectivity index (χ4v) is 4.03. The molecule has 0 aromatic heterocycles. The summed E-state index contributed by atoms with van der Waals surface area (Å²) in [5, 5.41) is 5.26. The van der Waals surface area contributed by atoms with Crippen LogP contribution in [0.5, 0.6) is 5.75 Å². The maximum Gasteiger partial charge on any atom is 0.269 e. The Morgan fingerprint density at radius 2 is 1.41 bits per heavy atom. The largest absolute Gasteiger partial charge is 0.492 e. The monoisotopic (exact) mass is 610 g/mol. The van der Waals surface area contributed by atoms with E-state index in [1.165, 1.54) is 0 Å². The molecule has 8 nitrogen and oxygen atoms in total. The Bertz CT molecular complexity index is 1350. The van der Waals surface area contributed by atoms with Gasteiger partial charge in [-0.3, -0.25) is 30.6 Å². The van der Waals surface area contributed by atoms with Crippen LogP contribution in [0.2, 0.25) is 0 Å². The highest BCUT2D eigenvalue weighted by atomic mass is 79.9. The predicted molar refractivity (Wildman–Crippen MR) is 160 cm³/mol. The first kappa shape index (κ1) is 29.8. The van der Waals surface area contributed by atoms with Gasteiger partial charge in [-0.2, -0.15) is 0 Å². The molecule has 0 aliphatic rings. The molecule has 0 fully saturated rings. The van der Waals surface area contributed by atoms with Gasteiger partial charge in [-0.25, -0.2) is 0 Å². The van der Waals surface area contributed by atoms with Crippen LogP contribution in [-0.4, -0.2) is 29.4 Å². The van der Waals surface area contributed by atoms with E-state index < -0.39 is 11.8 Å². The average Bonchev–Trinajstić information content (AvgIpc) is 2.91. The highest BCUT2D eigenvalue weighted by Crippen LogP contribution is 2.26. The molecule has 0 saturated heterocycles. The minimum absolute atomic E-state index is 0.00283. The third-order valence-electron chi connectivity index (χ3n) is 5.59. The van der Waals surface area contributed by atoms with Crippen LogP contribution in [0.15, 0.2) is 71.2 Å². The molecule has 10 heteroatoms. The summed E-state index contributed by atoms with van der Waals surface area (Å²) in [6.07, 6.45) is 0.869. The van der Waals surface area contributed by atoms with Gasteiger partial charge >= 0.3 is 0 Å². The predicted octanol–water partition coefficient (Wildman–Crippen LogP) is 5.74. The van der Waals surface area contributed by atoms with Crippen molar-refractivity contribution in [3.8, 4) is 5.75 Å². The van der Waals surface area contributed by atoms with E-state index in [2.05, 4.69) is 58.2 Å². The first-order chi connectivity index (χ1) is 18.5. The lowest BCUT2D eigenvalue weighted by molar-refractivity contribution is 0.0934. The van der Waals surface area contributed by atoms with Gasteiger partial charge in [0.25, 0.3) is 17.7 Å². The highest BCUT2D eigenvalue weighted by Gasteiger charge is 2.15. The number of hydrazine groups is 1. The summed E-state index contributed by atoms with van der Waals surface area (Å²) in [5.74, 6) is -0.521. The molecular weight excluding hydrogens is 580 g/mol. The summed E-state index contributed by atoms with van der Waals surface area (Å²) in [6.45, 7) is 8.92.